The molecule has 0 saturated carbocycles. The summed E-state index contributed by atoms with van der Waals surface area (Å²) in [6.45, 7) is 5.83. The van der Waals surface area contributed by atoms with E-state index in [2.05, 4.69) is 4.99 Å². The Hall–Kier alpha value is -0.583. The van der Waals surface area contributed by atoms with Crippen LogP contribution in [0.1, 0.15) is 0 Å². The lowest BCUT2D eigenvalue weighted by Crippen LogP contribution is -2.30. The molecule has 0 spiro atoms. The van der Waals surface area contributed by atoms with Gasteiger partial charge in [0.05, 0.1) is 11.6 Å². The molecular weight excluding hydrogens is 206 g/mol. The third kappa shape index (κ3) is 9.33. The van der Waals surface area contributed by atoms with Crippen molar-refractivity contribution in [2.24, 2.45) is 4.99 Å². The van der Waals surface area contributed by atoms with Crippen LogP contribution in [0.15, 0.2) is 4.99 Å². The van der Waals surface area contributed by atoms with Gasteiger partial charge in [0.15, 0.2) is 0 Å². The fraction of sp³-hybridized carbons (Fsp3) is 0.714. The topological polar surface area (TPSA) is 55.7 Å². The maximum atomic E-state index is 11.1. The lowest BCUT2D eigenvalue weighted by molar-refractivity contribution is -0.132. The van der Waals surface area contributed by atoms with E-state index >= 15 is 0 Å². The van der Waals surface area contributed by atoms with Crippen molar-refractivity contribution in [3.63, 3.8) is 0 Å². The first kappa shape index (κ1) is 12.4. The van der Waals surface area contributed by atoms with Gasteiger partial charge in [0, 0.05) is 0 Å². The fourth-order valence-electron chi connectivity index (χ4n) is 0.572. The van der Waals surface area contributed by atoms with E-state index in [0.717, 1.165) is 0 Å². The molecule has 0 N–H and O–H groups in total. The Morgan fingerprint density at radius 2 is 2.15 bits per heavy atom. The molecule has 74 valence electrons. The largest absolute Gasteiger partial charge is 0.519 e. The van der Waals surface area contributed by atoms with Crippen molar-refractivity contribution in [2.75, 3.05) is 11.6 Å². The maximum absolute atomic E-state index is 11.1. The van der Waals surface area contributed by atoms with Crippen LogP contribution in [0.3, 0.4) is 0 Å². The Morgan fingerprint density at radius 3 is 2.62 bits per heavy atom. The van der Waals surface area contributed by atoms with Crippen molar-refractivity contribution in [2.45, 2.75) is 19.6 Å². The number of carbonyl (C=O) groups excluding carboxylic acids is 2. The van der Waals surface area contributed by atoms with Crippen molar-refractivity contribution >= 4 is 32.1 Å². The SMILES string of the molecule is C[Si](C)(C)OC(=O)CSCN=C=O. The number of hydrogen-bond donors (Lipinski definition) is 0. The average molecular weight is 219 g/mol. The summed E-state index contributed by atoms with van der Waals surface area (Å²) in [6.07, 6.45) is 1.40. The first-order valence-corrected chi connectivity index (χ1v) is 8.35. The molecule has 0 heterocycles. The minimum atomic E-state index is -1.76. The van der Waals surface area contributed by atoms with Crippen LogP contribution in [0.2, 0.25) is 19.6 Å². The zero-order chi connectivity index (χ0) is 10.3. The van der Waals surface area contributed by atoms with E-state index in [1.165, 1.54) is 17.8 Å². The quantitative estimate of drug-likeness (QED) is 0.303. The number of rotatable bonds is 5. The van der Waals surface area contributed by atoms with Crippen LogP contribution in [-0.2, 0) is 14.0 Å². The smallest absolute Gasteiger partial charge is 0.302 e. The highest BCUT2D eigenvalue weighted by atomic mass is 32.2. The Labute approximate surface area is 82.9 Å². The standard InChI is InChI=1S/C7H13NO3SSi/c1-13(2,3)11-7(10)4-12-6-8-5-9/h4,6H2,1-3H3. The molecule has 0 radical (unpaired) electrons. The Balaban J connectivity index is 3.58. The van der Waals surface area contributed by atoms with Crippen LogP contribution in [-0.4, -0.2) is 32.0 Å². The average Bonchev–Trinajstić information content (AvgIpc) is 1.94. The van der Waals surface area contributed by atoms with Gasteiger partial charge in [-0.05, 0) is 19.6 Å². The third-order valence-electron chi connectivity index (χ3n) is 0.860. The van der Waals surface area contributed by atoms with Gasteiger partial charge in [0.25, 0.3) is 0 Å². The minimum Gasteiger partial charge on any atom is -0.519 e. The molecule has 0 aliphatic carbocycles. The number of aliphatic imine (C=N–C) groups is 1. The first-order chi connectivity index (χ1) is 5.95. The molecule has 0 unspecified atom stereocenters. The Bertz CT molecular complexity index is 220. The zero-order valence-corrected chi connectivity index (χ0v) is 9.81. The van der Waals surface area contributed by atoms with Gasteiger partial charge in [-0.2, -0.15) is 4.99 Å². The molecule has 0 fully saturated rings. The molecule has 0 rings (SSSR count). The van der Waals surface area contributed by atoms with Crippen LogP contribution >= 0.6 is 11.8 Å². The first-order valence-electron chi connectivity index (χ1n) is 3.79. The predicted octanol–water partition coefficient (Wildman–Crippen LogP) is 1.39. The van der Waals surface area contributed by atoms with E-state index in [9.17, 15) is 9.59 Å². The molecule has 4 nitrogen and oxygen atoms in total. The number of hydrogen-bond acceptors (Lipinski definition) is 5. The summed E-state index contributed by atoms with van der Waals surface area (Å²) >= 11 is 1.25. The summed E-state index contributed by atoms with van der Waals surface area (Å²) in [5.41, 5.74) is 0. The molecule has 0 saturated heterocycles. The number of thioether (sulfide) groups is 1. The molecule has 0 bridgehead atoms. The minimum absolute atomic E-state index is 0.231. The zero-order valence-electron chi connectivity index (χ0n) is 7.99. The number of isocyanates is 1. The third-order valence-corrected chi connectivity index (χ3v) is 2.45. The normalized spacial score (nSPS) is 10.4. The predicted molar refractivity (Wildman–Crippen MR) is 54.9 cm³/mol. The summed E-state index contributed by atoms with van der Waals surface area (Å²) in [5, 5.41) is 0. The summed E-state index contributed by atoms with van der Waals surface area (Å²) in [7, 11) is -1.76. The highest BCUT2D eigenvalue weighted by Crippen LogP contribution is 2.06. The number of nitrogens with zero attached hydrogens (tertiary/aromatic N) is 1. The van der Waals surface area contributed by atoms with Gasteiger partial charge in [-0.15, -0.1) is 11.8 Å². The van der Waals surface area contributed by atoms with Gasteiger partial charge in [-0.1, -0.05) is 0 Å². The highest BCUT2D eigenvalue weighted by molar-refractivity contribution is 7.99. The summed E-state index contributed by atoms with van der Waals surface area (Å²) in [5.74, 6) is 0.282. The van der Waals surface area contributed by atoms with Crippen LogP contribution in [0, 0.1) is 0 Å². The van der Waals surface area contributed by atoms with E-state index in [1.54, 1.807) is 0 Å². The van der Waals surface area contributed by atoms with E-state index < -0.39 is 8.32 Å². The molecule has 0 aromatic carbocycles. The van der Waals surface area contributed by atoms with Gasteiger partial charge in [-0.3, -0.25) is 4.79 Å². The van der Waals surface area contributed by atoms with E-state index in [-0.39, 0.29) is 17.6 Å². The lowest BCUT2D eigenvalue weighted by Gasteiger charge is -2.16. The van der Waals surface area contributed by atoms with Crippen LogP contribution < -0.4 is 0 Å². The summed E-state index contributed by atoms with van der Waals surface area (Å²) in [6, 6.07) is 0. The molecule has 0 aromatic heterocycles. The second kappa shape index (κ2) is 5.96. The van der Waals surface area contributed by atoms with E-state index in [1.807, 2.05) is 19.6 Å². The van der Waals surface area contributed by atoms with Crippen molar-refractivity contribution in [1.29, 1.82) is 0 Å². The molecule has 0 aromatic rings. The van der Waals surface area contributed by atoms with Crippen molar-refractivity contribution < 1.29 is 14.0 Å². The van der Waals surface area contributed by atoms with Crippen LogP contribution in [0.25, 0.3) is 0 Å². The Morgan fingerprint density at radius 1 is 1.54 bits per heavy atom. The molecule has 0 aliphatic heterocycles. The summed E-state index contributed by atoms with van der Waals surface area (Å²) in [4.78, 5) is 24.0. The molecule has 0 amide bonds. The van der Waals surface area contributed by atoms with Gasteiger partial charge in [-0.25, -0.2) is 4.79 Å². The number of carbonyl (C=O) groups is 1. The fourth-order valence-corrected chi connectivity index (χ4v) is 1.89. The second-order valence-corrected chi connectivity index (χ2v) is 8.70. The summed E-state index contributed by atoms with van der Waals surface area (Å²) < 4.78 is 5.16. The molecular formula is C7H13NO3SSi. The molecule has 0 atom stereocenters. The highest BCUT2D eigenvalue weighted by Gasteiger charge is 2.19. The van der Waals surface area contributed by atoms with Gasteiger partial charge >= 0.3 is 5.97 Å². The maximum Gasteiger partial charge on any atom is 0.302 e. The van der Waals surface area contributed by atoms with Gasteiger partial charge in [0.1, 0.15) is 0 Å². The Kier molecular flexibility index (Phi) is 5.69. The molecule has 13 heavy (non-hydrogen) atoms. The van der Waals surface area contributed by atoms with E-state index in [0.29, 0.717) is 0 Å². The van der Waals surface area contributed by atoms with Crippen LogP contribution in [0.5, 0.6) is 0 Å². The lowest BCUT2D eigenvalue weighted by atomic mass is 10.8. The van der Waals surface area contributed by atoms with Crippen molar-refractivity contribution in [3.05, 3.63) is 0 Å². The molecule has 0 aliphatic rings. The van der Waals surface area contributed by atoms with Gasteiger partial charge < -0.3 is 4.43 Å². The van der Waals surface area contributed by atoms with Crippen molar-refractivity contribution in [3.8, 4) is 0 Å². The van der Waals surface area contributed by atoms with Gasteiger partial charge in [0.2, 0.25) is 14.4 Å². The van der Waals surface area contributed by atoms with Crippen LogP contribution in [0.4, 0.5) is 0 Å². The monoisotopic (exact) mass is 219 g/mol. The molecule has 6 heteroatoms. The van der Waals surface area contributed by atoms with Crippen molar-refractivity contribution in [1.82, 2.24) is 0 Å². The van der Waals surface area contributed by atoms with E-state index in [4.69, 9.17) is 4.43 Å². The second-order valence-electron chi connectivity index (χ2n) is 3.31.